The molecular formula is C24H18ClNO4. The van der Waals surface area contributed by atoms with Crippen LogP contribution in [-0.2, 0) is 16.1 Å². The Morgan fingerprint density at radius 1 is 0.933 bits per heavy atom. The molecule has 0 amide bonds. The van der Waals surface area contributed by atoms with Crippen LogP contribution in [0.15, 0.2) is 77.6 Å². The second kappa shape index (κ2) is 8.13. The van der Waals surface area contributed by atoms with Gasteiger partial charge in [-0.25, -0.2) is 0 Å². The zero-order valence-electron chi connectivity index (χ0n) is 16.2. The third-order valence-electron chi connectivity index (χ3n) is 4.95. The highest BCUT2D eigenvalue weighted by atomic mass is 35.5. The van der Waals surface area contributed by atoms with Crippen molar-refractivity contribution in [1.29, 1.82) is 0 Å². The van der Waals surface area contributed by atoms with Gasteiger partial charge in [0.2, 0.25) is 5.78 Å². The van der Waals surface area contributed by atoms with Gasteiger partial charge < -0.3 is 9.30 Å². The lowest BCUT2D eigenvalue weighted by Crippen LogP contribution is -2.27. The Labute approximate surface area is 177 Å². The van der Waals surface area contributed by atoms with Gasteiger partial charge in [0.05, 0.1) is 11.0 Å². The molecule has 1 atom stereocenters. The van der Waals surface area contributed by atoms with E-state index in [1.54, 1.807) is 59.2 Å². The molecule has 0 fully saturated rings. The van der Waals surface area contributed by atoms with Crippen molar-refractivity contribution in [2.45, 2.75) is 19.6 Å². The van der Waals surface area contributed by atoms with E-state index >= 15 is 0 Å². The van der Waals surface area contributed by atoms with Crippen molar-refractivity contribution in [3.8, 4) is 0 Å². The molecule has 0 bridgehead atoms. The van der Waals surface area contributed by atoms with E-state index in [0.29, 0.717) is 32.4 Å². The molecule has 1 aromatic heterocycles. The molecule has 4 rings (SSSR count). The van der Waals surface area contributed by atoms with Gasteiger partial charge in [-0.15, -0.1) is 0 Å². The predicted molar refractivity (Wildman–Crippen MR) is 117 cm³/mol. The lowest BCUT2D eigenvalue weighted by Gasteiger charge is -2.17. The minimum Gasteiger partial charge on any atom is -0.453 e. The Balaban J connectivity index is 1.65. The van der Waals surface area contributed by atoms with Gasteiger partial charge in [-0.1, -0.05) is 48.0 Å². The third kappa shape index (κ3) is 3.72. The molecular weight excluding hydrogens is 402 g/mol. The van der Waals surface area contributed by atoms with E-state index in [1.807, 2.05) is 12.1 Å². The highest BCUT2D eigenvalue weighted by molar-refractivity contribution is 6.31. The van der Waals surface area contributed by atoms with Crippen LogP contribution in [0.2, 0.25) is 5.02 Å². The zero-order chi connectivity index (χ0) is 21.3. The summed E-state index contributed by atoms with van der Waals surface area (Å²) in [5.41, 5.74) is 1.55. The number of para-hydroxylation sites is 2. The Morgan fingerprint density at radius 2 is 1.53 bits per heavy atom. The fourth-order valence-corrected chi connectivity index (χ4v) is 3.73. The van der Waals surface area contributed by atoms with E-state index < -0.39 is 12.1 Å². The molecule has 4 aromatic rings. The second-order valence-corrected chi connectivity index (χ2v) is 7.39. The van der Waals surface area contributed by atoms with Gasteiger partial charge >= 0.3 is 5.97 Å². The topological polar surface area (TPSA) is 65.4 Å². The number of carbonyl (C=O) groups excluding carboxylic acids is 2. The number of ketones is 1. The van der Waals surface area contributed by atoms with Crippen LogP contribution in [0.3, 0.4) is 0 Å². The van der Waals surface area contributed by atoms with Gasteiger partial charge in [-0.2, -0.15) is 0 Å². The van der Waals surface area contributed by atoms with Crippen molar-refractivity contribution in [2.75, 3.05) is 0 Å². The summed E-state index contributed by atoms with van der Waals surface area (Å²) >= 11 is 5.94. The molecule has 0 spiro atoms. The summed E-state index contributed by atoms with van der Waals surface area (Å²) in [5, 5.41) is 1.48. The molecule has 30 heavy (non-hydrogen) atoms. The molecule has 1 heterocycles. The fourth-order valence-electron chi connectivity index (χ4n) is 3.54. The fraction of sp³-hybridized carbons (Fsp3) is 0.125. The van der Waals surface area contributed by atoms with Gasteiger partial charge in [0.1, 0.15) is 6.54 Å². The van der Waals surface area contributed by atoms with Crippen molar-refractivity contribution in [3.63, 3.8) is 0 Å². The van der Waals surface area contributed by atoms with Gasteiger partial charge in [-0.3, -0.25) is 14.4 Å². The first-order valence-electron chi connectivity index (χ1n) is 9.45. The van der Waals surface area contributed by atoms with E-state index in [-0.39, 0.29) is 17.8 Å². The van der Waals surface area contributed by atoms with Gasteiger partial charge in [0.15, 0.2) is 11.5 Å². The number of rotatable bonds is 5. The number of hydrogen-bond donors (Lipinski definition) is 0. The van der Waals surface area contributed by atoms with E-state index in [4.69, 9.17) is 16.3 Å². The zero-order valence-corrected chi connectivity index (χ0v) is 16.9. The molecule has 150 valence electrons. The molecule has 0 N–H and O–H groups in total. The Kier molecular flexibility index (Phi) is 5.38. The molecule has 0 radical (unpaired) electrons. The maximum absolute atomic E-state index is 12.8. The largest absolute Gasteiger partial charge is 0.453 e. The number of benzene rings is 3. The SMILES string of the molecule is CC(OC(=O)Cn1c2ccccc2c(=O)c2ccccc21)C(=O)c1cccc(Cl)c1. The third-order valence-corrected chi connectivity index (χ3v) is 5.19. The highest BCUT2D eigenvalue weighted by Crippen LogP contribution is 2.20. The number of carbonyl (C=O) groups is 2. The Morgan fingerprint density at radius 3 is 2.13 bits per heavy atom. The quantitative estimate of drug-likeness (QED) is 0.269. The van der Waals surface area contributed by atoms with Crippen LogP contribution in [0.1, 0.15) is 17.3 Å². The van der Waals surface area contributed by atoms with Crippen LogP contribution in [0.25, 0.3) is 21.8 Å². The number of ether oxygens (including phenoxy) is 1. The maximum Gasteiger partial charge on any atom is 0.326 e. The van der Waals surface area contributed by atoms with E-state index in [2.05, 4.69) is 0 Å². The molecule has 0 aliphatic heterocycles. The van der Waals surface area contributed by atoms with E-state index in [1.165, 1.54) is 13.0 Å². The molecule has 5 nitrogen and oxygen atoms in total. The molecule has 0 saturated heterocycles. The van der Waals surface area contributed by atoms with Gasteiger partial charge in [-0.05, 0) is 43.3 Å². The molecule has 3 aromatic carbocycles. The first-order valence-corrected chi connectivity index (χ1v) is 9.83. The Hall–Kier alpha value is -3.44. The molecule has 0 aliphatic rings. The standard InChI is InChI=1S/C24H18ClNO4/c1-15(23(28)16-7-6-8-17(25)13-16)30-22(27)14-26-20-11-4-2-9-18(20)24(29)19-10-3-5-12-21(19)26/h2-13,15H,14H2,1H3. The Bertz CT molecular complexity index is 1280. The first-order chi connectivity index (χ1) is 14.5. The number of fused-ring (bicyclic) bond motifs is 2. The van der Waals surface area contributed by atoms with Crippen molar-refractivity contribution < 1.29 is 14.3 Å². The molecule has 1 unspecified atom stereocenters. The van der Waals surface area contributed by atoms with Crippen LogP contribution in [-0.4, -0.2) is 22.4 Å². The monoisotopic (exact) mass is 419 g/mol. The van der Waals surface area contributed by atoms with E-state index in [9.17, 15) is 14.4 Å². The number of aromatic nitrogens is 1. The van der Waals surface area contributed by atoms with E-state index in [0.717, 1.165) is 0 Å². The minimum absolute atomic E-state index is 0.0877. The summed E-state index contributed by atoms with van der Waals surface area (Å²) in [6.07, 6.45) is -0.965. The number of esters is 1. The minimum atomic E-state index is -0.965. The summed E-state index contributed by atoms with van der Waals surface area (Å²) in [7, 11) is 0. The van der Waals surface area contributed by atoms with Crippen molar-refractivity contribution in [2.24, 2.45) is 0 Å². The lowest BCUT2D eigenvalue weighted by molar-refractivity contribution is -0.146. The normalized spacial score (nSPS) is 12.1. The highest BCUT2D eigenvalue weighted by Gasteiger charge is 2.21. The van der Waals surface area contributed by atoms with Crippen LogP contribution in [0.5, 0.6) is 0 Å². The van der Waals surface area contributed by atoms with Crippen LogP contribution >= 0.6 is 11.6 Å². The van der Waals surface area contributed by atoms with Crippen molar-refractivity contribution >= 4 is 45.2 Å². The predicted octanol–water partition coefficient (Wildman–Crippen LogP) is 4.62. The maximum atomic E-state index is 12.8. The molecule has 6 heteroatoms. The molecule has 0 saturated carbocycles. The summed E-state index contributed by atoms with van der Waals surface area (Å²) < 4.78 is 7.15. The van der Waals surface area contributed by atoms with Gasteiger partial charge in [0, 0.05) is 21.4 Å². The van der Waals surface area contributed by atoms with Crippen LogP contribution in [0.4, 0.5) is 0 Å². The summed E-state index contributed by atoms with van der Waals surface area (Å²) in [6.45, 7) is 1.40. The van der Waals surface area contributed by atoms with Crippen molar-refractivity contribution in [3.05, 3.63) is 93.6 Å². The number of hydrogen-bond acceptors (Lipinski definition) is 4. The molecule has 0 aliphatic carbocycles. The number of nitrogens with zero attached hydrogens (tertiary/aromatic N) is 1. The van der Waals surface area contributed by atoms with Gasteiger partial charge in [0.25, 0.3) is 0 Å². The number of halogens is 1. The van der Waals surface area contributed by atoms with Crippen LogP contribution < -0.4 is 5.43 Å². The number of pyridine rings is 1. The summed E-state index contributed by atoms with van der Waals surface area (Å²) in [6, 6.07) is 20.7. The van der Waals surface area contributed by atoms with Crippen LogP contribution in [0, 0.1) is 0 Å². The first kappa shape index (κ1) is 19.9. The summed E-state index contributed by atoms with van der Waals surface area (Å²) in [4.78, 5) is 38.1. The lowest BCUT2D eigenvalue weighted by atomic mass is 10.1. The number of Topliss-reactive ketones (excluding diaryl/α,β-unsaturated/α-hetero) is 1. The second-order valence-electron chi connectivity index (χ2n) is 6.96. The smallest absolute Gasteiger partial charge is 0.326 e. The summed E-state index contributed by atoms with van der Waals surface area (Å²) in [5.74, 6) is -0.905. The van der Waals surface area contributed by atoms with Crippen molar-refractivity contribution in [1.82, 2.24) is 4.57 Å². The average Bonchev–Trinajstić information content (AvgIpc) is 2.76. The average molecular weight is 420 g/mol.